The first kappa shape index (κ1) is 18.7. The molecule has 0 aromatic heterocycles. The summed E-state index contributed by atoms with van der Waals surface area (Å²) in [4.78, 5) is 16.1. The second kappa shape index (κ2) is 9.60. The first-order chi connectivity index (χ1) is 10.5. The van der Waals surface area contributed by atoms with E-state index in [1.54, 1.807) is 11.9 Å². The number of rotatable bonds is 8. The summed E-state index contributed by atoms with van der Waals surface area (Å²) in [5.74, 6) is 0.0580. The van der Waals surface area contributed by atoms with Crippen molar-refractivity contribution in [1.82, 2.24) is 9.80 Å². The number of likely N-dealkylation sites (N-methyl/N-ethyl adjacent to an activating group) is 1. The molecule has 1 unspecified atom stereocenters. The summed E-state index contributed by atoms with van der Waals surface area (Å²) in [6.45, 7) is 5.96. The van der Waals surface area contributed by atoms with E-state index in [2.05, 4.69) is 46.8 Å². The molecule has 0 radical (unpaired) electrons. The number of hydrogen-bond acceptors (Lipinski definition) is 3. The average Bonchev–Trinajstić information content (AvgIpc) is 2.51. The lowest BCUT2D eigenvalue weighted by Gasteiger charge is -2.30. The smallest absolute Gasteiger partial charge is 0.236 e. The van der Waals surface area contributed by atoms with Gasteiger partial charge in [0.2, 0.25) is 5.91 Å². The van der Waals surface area contributed by atoms with Gasteiger partial charge in [-0.2, -0.15) is 5.26 Å². The number of benzene rings is 1. The highest BCUT2D eigenvalue weighted by atomic mass is 79.9. The van der Waals surface area contributed by atoms with Crippen molar-refractivity contribution in [2.45, 2.75) is 32.7 Å². The van der Waals surface area contributed by atoms with E-state index in [0.717, 1.165) is 17.4 Å². The first-order valence-corrected chi connectivity index (χ1v) is 8.40. The highest BCUT2D eigenvalue weighted by Gasteiger charge is 2.21. The van der Waals surface area contributed by atoms with Crippen molar-refractivity contribution in [3.8, 4) is 6.07 Å². The minimum absolute atomic E-state index is 0.0580. The molecule has 0 bridgehead atoms. The van der Waals surface area contributed by atoms with Crippen molar-refractivity contribution < 1.29 is 4.79 Å². The Morgan fingerprint density at radius 3 is 2.64 bits per heavy atom. The van der Waals surface area contributed by atoms with Gasteiger partial charge >= 0.3 is 0 Å². The van der Waals surface area contributed by atoms with Gasteiger partial charge in [-0.05, 0) is 31.5 Å². The molecule has 0 N–H and O–H groups in total. The highest BCUT2D eigenvalue weighted by molar-refractivity contribution is 9.10. The summed E-state index contributed by atoms with van der Waals surface area (Å²) in [6, 6.07) is 10.3. The molecule has 120 valence electrons. The van der Waals surface area contributed by atoms with Gasteiger partial charge in [0.25, 0.3) is 0 Å². The fraction of sp³-hybridized carbons (Fsp3) is 0.529. The molecule has 1 rings (SSSR count). The number of carbonyl (C=O) groups excluding carboxylic acids is 1. The molecule has 22 heavy (non-hydrogen) atoms. The summed E-state index contributed by atoms with van der Waals surface area (Å²) in [6.07, 6.45) is 1.36. The lowest BCUT2D eigenvalue weighted by molar-refractivity contribution is -0.131. The molecule has 0 heterocycles. The SMILES string of the molecule is CCCN(CC(=O)N(C)CCC#N)C(C)c1ccccc1Br. The standard InChI is InChI=1S/C17H24BrN3O/c1-4-11-21(13-17(22)20(3)12-7-10-19)14(2)15-8-5-6-9-16(15)18/h5-6,8-9,14H,4,7,11-13H2,1-3H3. The van der Waals surface area contributed by atoms with Crippen LogP contribution in [0.5, 0.6) is 0 Å². The van der Waals surface area contributed by atoms with Crippen LogP contribution in [0, 0.1) is 11.3 Å². The zero-order chi connectivity index (χ0) is 16.5. The minimum atomic E-state index is 0.0580. The molecule has 1 amide bonds. The minimum Gasteiger partial charge on any atom is -0.344 e. The zero-order valence-electron chi connectivity index (χ0n) is 13.6. The van der Waals surface area contributed by atoms with Gasteiger partial charge in [-0.25, -0.2) is 0 Å². The van der Waals surface area contributed by atoms with E-state index in [9.17, 15) is 4.79 Å². The van der Waals surface area contributed by atoms with E-state index >= 15 is 0 Å². The van der Waals surface area contributed by atoms with Crippen LogP contribution in [0.15, 0.2) is 28.7 Å². The van der Waals surface area contributed by atoms with Crippen LogP contribution in [0.4, 0.5) is 0 Å². The van der Waals surface area contributed by atoms with Crippen LogP contribution in [0.25, 0.3) is 0 Å². The van der Waals surface area contributed by atoms with Crippen LogP contribution in [0.2, 0.25) is 0 Å². The average molecular weight is 366 g/mol. The monoisotopic (exact) mass is 365 g/mol. The fourth-order valence-corrected chi connectivity index (χ4v) is 2.96. The number of nitriles is 1. The van der Waals surface area contributed by atoms with Gasteiger partial charge in [-0.3, -0.25) is 9.69 Å². The maximum atomic E-state index is 12.3. The van der Waals surface area contributed by atoms with Crippen molar-refractivity contribution in [2.75, 3.05) is 26.7 Å². The summed E-state index contributed by atoms with van der Waals surface area (Å²) in [7, 11) is 1.76. The molecule has 0 saturated carbocycles. The molecule has 1 aromatic rings. The molecule has 0 aliphatic rings. The van der Waals surface area contributed by atoms with Crippen molar-refractivity contribution >= 4 is 21.8 Å². The molecule has 0 fully saturated rings. The van der Waals surface area contributed by atoms with Gasteiger partial charge in [-0.15, -0.1) is 0 Å². The zero-order valence-corrected chi connectivity index (χ0v) is 15.1. The Balaban J connectivity index is 2.79. The Hall–Kier alpha value is -1.38. The molecule has 1 atom stereocenters. The Labute approximate surface area is 141 Å². The Morgan fingerprint density at radius 2 is 2.05 bits per heavy atom. The predicted molar refractivity (Wildman–Crippen MR) is 92.3 cm³/mol. The van der Waals surface area contributed by atoms with E-state index in [4.69, 9.17) is 5.26 Å². The number of halogens is 1. The maximum absolute atomic E-state index is 12.3. The molecular weight excluding hydrogens is 342 g/mol. The second-order valence-electron chi connectivity index (χ2n) is 5.39. The van der Waals surface area contributed by atoms with E-state index < -0.39 is 0 Å². The molecule has 5 heteroatoms. The molecule has 0 aliphatic carbocycles. The molecule has 1 aromatic carbocycles. The summed E-state index contributed by atoms with van der Waals surface area (Å²) < 4.78 is 1.06. The number of nitrogens with zero attached hydrogens (tertiary/aromatic N) is 3. The quantitative estimate of drug-likeness (QED) is 0.706. The Kier molecular flexibility index (Phi) is 8.15. The predicted octanol–water partition coefficient (Wildman–Crippen LogP) is 3.59. The third-order valence-corrected chi connectivity index (χ3v) is 4.46. The fourth-order valence-electron chi connectivity index (χ4n) is 2.34. The Bertz CT molecular complexity index is 527. The number of carbonyl (C=O) groups is 1. The van der Waals surface area contributed by atoms with Gasteiger partial charge in [0.1, 0.15) is 0 Å². The third-order valence-electron chi connectivity index (χ3n) is 3.74. The highest BCUT2D eigenvalue weighted by Crippen LogP contribution is 2.27. The molecular formula is C17H24BrN3O. The Morgan fingerprint density at radius 1 is 1.36 bits per heavy atom. The van der Waals surface area contributed by atoms with Crippen LogP contribution in [0.1, 0.15) is 38.3 Å². The van der Waals surface area contributed by atoms with Gasteiger partial charge < -0.3 is 4.90 Å². The van der Waals surface area contributed by atoms with E-state index in [-0.39, 0.29) is 11.9 Å². The van der Waals surface area contributed by atoms with Gasteiger partial charge in [0, 0.05) is 24.1 Å². The second-order valence-corrected chi connectivity index (χ2v) is 6.25. The number of amides is 1. The van der Waals surface area contributed by atoms with Crippen molar-refractivity contribution in [3.05, 3.63) is 34.3 Å². The number of hydrogen-bond donors (Lipinski definition) is 0. The van der Waals surface area contributed by atoms with Crippen LogP contribution < -0.4 is 0 Å². The summed E-state index contributed by atoms with van der Waals surface area (Å²) in [5.41, 5.74) is 1.18. The van der Waals surface area contributed by atoms with E-state index in [1.165, 1.54) is 5.56 Å². The van der Waals surface area contributed by atoms with E-state index in [0.29, 0.717) is 19.5 Å². The summed E-state index contributed by atoms with van der Waals surface area (Å²) in [5, 5.41) is 8.63. The topological polar surface area (TPSA) is 47.3 Å². The third kappa shape index (κ3) is 5.43. The van der Waals surface area contributed by atoms with Crippen molar-refractivity contribution in [2.24, 2.45) is 0 Å². The van der Waals surface area contributed by atoms with Crippen LogP contribution in [-0.2, 0) is 4.79 Å². The summed E-state index contributed by atoms with van der Waals surface area (Å²) >= 11 is 3.59. The molecule has 0 aliphatic heterocycles. The lowest BCUT2D eigenvalue weighted by atomic mass is 10.1. The molecule has 0 spiro atoms. The van der Waals surface area contributed by atoms with Gasteiger partial charge in [0.15, 0.2) is 0 Å². The largest absolute Gasteiger partial charge is 0.344 e. The normalized spacial score (nSPS) is 12.0. The van der Waals surface area contributed by atoms with Crippen molar-refractivity contribution in [1.29, 1.82) is 5.26 Å². The van der Waals surface area contributed by atoms with Gasteiger partial charge in [0.05, 0.1) is 19.0 Å². The van der Waals surface area contributed by atoms with E-state index in [1.807, 2.05) is 18.2 Å². The molecule has 0 saturated heterocycles. The van der Waals surface area contributed by atoms with Crippen LogP contribution >= 0.6 is 15.9 Å². The van der Waals surface area contributed by atoms with Crippen LogP contribution in [0.3, 0.4) is 0 Å². The van der Waals surface area contributed by atoms with Crippen LogP contribution in [-0.4, -0.2) is 42.4 Å². The molecule has 4 nitrogen and oxygen atoms in total. The maximum Gasteiger partial charge on any atom is 0.236 e. The lowest BCUT2D eigenvalue weighted by Crippen LogP contribution is -2.40. The van der Waals surface area contributed by atoms with Crippen molar-refractivity contribution in [3.63, 3.8) is 0 Å². The van der Waals surface area contributed by atoms with Gasteiger partial charge in [-0.1, -0.05) is 41.1 Å². The first-order valence-electron chi connectivity index (χ1n) is 7.60.